The van der Waals surface area contributed by atoms with Gasteiger partial charge in [0.05, 0.1) is 12.5 Å². The Hall–Kier alpha value is -0.950. The van der Waals surface area contributed by atoms with Crippen molar-refractivity contribution in [1.29, 1.82) is 0 Å². The standard InChI is InChI=1S/C14H19BrN2O3S/c1-9(2)17-7-10(15)5-12(17)14(20)16-3-4-21-8-11(16)6-13(18)19/h5,7,9,11H,3-4,6,8H2,1-2H3,(H,18,19). The van der Waals surface area contributed by atoms with Gasteiger partial charge in [-0.05, 0) is 35.8 Å². The van der Waals surface area contributed by atoms with E-state index in [9.17, 15) is 9.59 Å². The van der Waals surface area contributed by atoms with Gasteiger partial charge in [0.2, 0.25) is 0 Å². The molecule has 0 spiro atoms. The molecule has 1 aromatic heterocycles. The van der Waals surface area contributed by atoms with Crippen molar-refractivity contribution in [1.82, 2.24) is 9.47 Å². The summed E-state index contributed by atoms with van der Waals surface area (Å²) in [6.45, 7) is 4.64. The number of carbonyl (C=O) groups excluding carboxylic acids is 1. The van der Waals surface area contributed by atoms with E-state index in [4.69, 9.17) is 5.11 Å². The van der Waals surface area contributed by atoms with Crippen LogP contribution in [0, 0.1) is 0 Å². The van der Waals surface area contributed by atoms with E-state index in [1.807, 2.05) is 30.7 Å². The first-order valence-electron chi connectivity index (χ1n) is 6.88. The maximum atomic E-state index is 12.8. The van der Waals surface area contributed by atoms with Gasteiger partial charge in [0.15, 0.2) is 0 Å². The van der Waals surface area contributed by atoms with E-state index in [0.29, 0.717) is 18.0 Å². The third kappa shape index (κ3) is 3.83. The molecule has 1 amide bonds. The zero-order chi connectivity index (χ0) is 15.6. The predicted octanol–water partition coefficient (Wildman–Crippen LogP) is 2.86. The summed E-state index contributed by atoms with van der Waals surface area (Å²) in [5, 5.41) is 9.02. The van der Waals surface area contributed by atoms with Crippen LogP contribution in [-0.4, -0.2) is 50.5 Å². The Bertz CT molecular complexity index is 544. The first-order valence-corrected chi connectivity index (χ1v) is 8.82. The van der Waals surface area contributed by atoms with Crippen molar-refractivity contribution < 1.29 is 14.7 Å². The predicted molar refractivity (Wildman–Crippen MR) is 86.9 cm³/mol. The molecule has 2 heterocycles. The van der Waals surface area contributed by atoms with Crippen molar-refractivity contribution >= 4 is 39.6 Å². The van der Waals surface area contributed by atoms with Gasteiger partial charge in [0.1, 0.15) is 5.69 Å². The van der Waals surface area contributed by atoms with Crippen LogP contribution < -0.4 is 0 Å². The second-order valence-electron chi connectivity index (χ2n) is 5.37. The molecule has 116 valence electrons. The van der Waals surface area contributed by atoms with Gasteiger partial charge in [-0.2, -0.15) is 11.8 Å². The molecule has 1 atom stereocenters. The van der Waals surface area contributed by atoms with Crippen LogP contribution in [0.4, 0.5) is 0 Å². The van der Waals surface area contributed by atoms with Crippen molar-refractivity contribution in [3.8, 4) is 0 Å². The zero-order valence-corrected chi connectivity index (χ0v) is 14.5. The number of carbonyl (C=O) groups is 2. The fourth-order valence-corrected chi connectivity index (χ4v) is 3.98. The lowest BCUT2D eigenvalue weighted by Crippen LogP contribution is -2.47. The Morgan fingerprint density at radius 2 is 2.24 bits per heavy atom. The molecule has 1 aromatic rings. The lowest BCUT2D eigenvalue weighted by atomic mass is 10.1. The Labute approximate surface area is 136 Å². The number of carboxylic acid groups (broad SMARTS) is 1. The van der Waals surface area contributed by atoms with Crippen LogP contribution in [0.3, 0.4) is 0 Å². The van der Waals surface area contributed by atoms with E-state index in [2.05, 4.69) is 15.9 Å². The van der Waals surface area contributed by atoms with E-state index in [0.717, 1.165) is 10.2 Å². The second kappa shape index (κ2) is 6.87. The summed E-state index contributed by atoms with van der Waals surface area (Å²) in [5.74, 6) is 0.592. The van der Waals surface area contributed by atoms with Gasteiger partial charge >= 0.3 is 5.97 Å². The lowest BCUT2D eigenvalue weighted by Gasteiger charge is -2.35. The fraction of sp³-hybridized carbons (Fsp3) is 0.571. The molecule has 1 fully saturated rings. The molecule has 1 saturated heterocycles. The van der Waals surface area contributed by atoms with Gasteiger partial charge in [-0.15, -0.1) is 0 Å². The van der Waals surface area contributed by atoms with Crippen LogP contribution in [0.15, 0.2) is 16.7 Å². The molecule has 1 unspecified atom stereocenters. The fourth-order valence-electron chi connectivity index (χ4n) is 2.48. The average molecular weight is 375 g/mol. The number of amides is 1. The van der Waals surface area contributed by atoms with E-state index in [-0.39, 0.29) is 24.4 Å². The first kappa shape index (κ1) is 16.4. The Morgan fingerprint density at radius 1 is 1.52 bits per heavy atom. The van der Waals surface area contributed by atoms with Crippen LogP contribution in [-0.2, 0) is 4.79 Å². The lowest BCUT2D eigenvalue weighted by molar-refractivity contribution is -0.138. The number of aliphatic carboxylic acids is 1. The molecule has 2 rings (SSSR count). The molecule has 0 radical (unpaired) electrons. The number of nitrogens with zero attached hydrogens (tertiary/aromatic N) is 2. The smallest absolute Gasteiger partial charge is 0.305 e. The molecular weight excluding hydrogens is 356 g/mol. The Kier molecular flexibility index (Phi) is 5.37. The summed E-state index contributed by atoms with van der Waals surface area (Å²) in [6.07, 6.45) is 1.89. The summed E-state index contributed by atoms with van der Waals surface area (Å²) in [7, 11) is 0. The summed E-state index contributed by atoms with van der Waals surface area (Å²) >= 11 is 5.11. The highest BCUT2D eigenvalue weighted by Crippen LogP contribution is 2.25. The molecular formula is C14H19BrN2O3S. The van der Waals surface area contributed by atoms with Crippen LogP contribution >= 0.6 is 27.7 Å². The second-order valence-corrected chi connectivity index (χ2v) is 7.44. The van der Waals surface area contributed by atoms with E-state index < -0.39 is 5.97 Å². The molecule has 0 saturated carbocycles. The topological polar surface area (TPSA) is 62.5 Å². The van der Waals surface area contributed by atoms with Crippen molar-refractivity contribution in [2.75, 3.05) is 18.1 Å². The number of thioether (sulfide) groups is 1. The number of carboxylic acids is 1. The molecule has 21 heavy (non-hydrogen) atoms. The van der Waals surface area contributed by atoms with Crippen LogP contribution in [0.2, 0.25) is 0 Å². The molecule has 1 aliphatic rings. The molecule has 1 N–H and O–H groups in total. The SMILES string of the molecule is CC(C)n1cc(Br)cc1C(=O)N1CCSCC1CC(=O)O. The van der Waals surface area contributed by atoms with Gasteiger partial charge in [-0.25, -0.2) is 0 Å². The number of halogens is 1. The number of aromatic nitrogens is 1. The van der Waals surface area contributed by atoms with Crippen LogP contribution in [0.25, 0.3) is 0 Å². The monoisotopic (exact) mass is 374 g/mol. The average Bonchev–Trinajstić information content (AvgIpc) is 2.80. The van der Waals surface area contributed by atoms with Crippen molar-refractivity contribution in [2.45, 2.75) is 32.4 Å². The van der Waals surface area contributed by atoms with Gasteiger partial charge in [-0.3, -0.25) is 9.59 Å². The zero-order valence-electron chi connectivity index (χ0n) is 12.1. The summed E-state index contributed by atoms with van der Waals surface area (Å²) in [5.41, 5.74) is 0.610. The van der Waals surface area contributed by atoms with E-state index in [1.165, 1.54) is 0 Å². The maximum Gasteiger partial charge on any atom is 0.305 e. The van der Waals surface area contributed by atoms with Gasteiger partial charge in [-0.1, -0.05) is 0 Å². The highest BCUT2D eigenvalue weighted by Gasteiger charge is 2.31. The highest BCUT2D eigenvalue weighted by molar-refractivity contribution is 9.10. The third-order valence-corrected chi connectivity index (χ3v) is 5.01. The number of rotatable bonds is 4. The summed E-state index contributed by atoms with van der Waals surface area (Å²) < 4.78 is 2.78. The number of hydrogen-bond donors (Lipinski definition) is 1. The molecule has 0 aliphatic carbocycles. The Morgan fingerprint density at radius 3 is 2.86 bits per heavy atom. The molecule has 0 bridgehead atoms. The van der Waals surface area contributed by atoms with Crippen molar-refractivity contribution in [3.63, 3.8) is 0 Å². The van der Waals surface area contributed by atoms with Gasteiger partial charge < -0.3 is 14.6 Å². The largest absolute Gasteiger partial charge is 0.481 e. The van der Waals surface area contributed by atoms with Crippen LogP contribution in [0.5, 0.6) is 0 Å². The van der Waals surface area contributed by atoms with Crippen LogP contribution in [0.1, 0.15) is 36.8 Å². The minimum Gasteiger partial charge on any atom is -0.481 e. The van der Waals surface area contributed by atoms with E-state index in [1.54, 1.807) is 16.7 Å². The third-order valence-electron chi connectivity index (χ3n) is 3.49. The van der Waals surface area contributed by atoms with Crippen molar-refractivity contribution in [2.24, 2.45) is 0 Å². The molecule has 0 aromatic carbocycles. The normalized spacial score (nSPS) is 19.0. The van der Waals surface area contributed by atoms with Gasteiger partial charge in [0, 0.05) is 34.8 Å². The minimum absolute atomic E-state index is 0.00228. The van der Waals surface area contributed by atoms with E-state index >= 15 is 0 Å². The van der Waals surface area contributed by atoms with Gasteiger partial charge in [0.25, 0.3) is 5.91 Å². The maximum absolute atomic E-state index is 12.8. The highest BCUT2D eigenvalue weighted by atomic mass is 79.9. The first-order chi connectivity index (χ1) is 9.90. The quantitative estimate of drug-likeness (QED) is 0.879. The summed E-state index contributed by atoms with van der Waals surface area (Å²) in [4.78, 5) is 25.5. The van der Waals surface area contributed by atoms with Crippen molar-refractivity contribution in [3.05, 3.63) is 22.4 Å². The minimum atomic E-state index is -0.860. The Balaban J connectivity index is 2.26. The summed E-state index contributed by atoms with van der Waals surface area (Å²) in [6, 6.07) is 1.75. The number of hydrogen-bond acceptors (Lipinski definition) is 3. The molecule has 5 nitrogen and oxygen atoms in total. The molecule has 1 aliphatic heterocycles. The molecule has 7 heteroatoms.